The molecule has 1 fully saturated rings. The second-order valence-corrected chi connectivity index (χ2v) is 9.97. The van der Waals surface area contributed by atoms with Crippen LogP contribution in [-0.2, 0) is 18.5 Å². The smallest absolute Gasteiger partial charge is 0.185 e. The highest BCUT2D eigenvalue weighted by Crippen LogP contribution is 2.63. The molecule has 5 nitrogen and oxygen atoms in total. The third-order valence-corrected chi connectivity index (χ3v) is 7.94. The lowest BCUT2D eigenvalue weighted by Crippen LogP contribution is -2.44. The molecule has 1 aliphatic heterocycles. The van der Waals surface area contributed by atoms with Crippen molar-refractivity contribution in [1.29, 1.82) is 0 Å². The lowest BCUT2D eigenvalue weighted by atomic mass is 9.61. The summed E-state index contributed by atoms with van der Waals surface area (Å²) < 4.78 is 13.2. The molecule has 3 aliphatic rings. The molecule has 0 amide bonds. The first-order chi connectivity index (χ1) is 15.2. The summed E-state index contributed by atoms with van der Waals surface area (Å²) in [6, 6.07) is 8.93. The van der Waals surface area contributed by atoms with E-state index in [2.05, 4.69) is 31.0 Å². The third-order valence-electron chi connectivity index (χ3n) is 7.94. The lowest BCUT2D eigenvalue weighted by molar-refractivity contribution is 0.0401. The molecule has 5 rings (SSSR count). The Morgan fingerprint density at radius 2 is 2.00 bits per heavy atom. The summed E-state index contributed by atoms with van der Waals surface area (Å²) in [5.74, 6) is 1.20. The fourth-order valence-corrected chi connectivity index (χ4v) is 5.93. The van der Waals surface area contributed by atoms with E-state index >= 15 is 0 Å². The number of aromatic nitrogens is 1. The van der Waals surface area contributed by atoms with Crippen LogP contribution in [0.5, 0.6) is 0 Å². The Kier molecular flexibility index (Phi) is 4.80. The Balaban J connectivity index is 1.54. The summed E-state index contributed by atoms with van der Waals surface area (Å²) in [6.07, 6.45) is 5.49. The van der Waals surface area contributed by atoms with Gasteiger partial charge in [-0.3, -0.25) is 14.8 Å². The number of Topliss-reactive ketones (excluding diaryl/α,β-unsaturated/α-hetero) is 1. The minimum atomic E-state index is -0.696. The molecule has 0 radical (unpaired) electrons. The summed E-state index contributed by atoms with van der Waals surface area (Å²) in [7, 11) is 0. The zero-order valence-electron chi connectivity index (χ0n) is 18.9. The molecule has 4 atom stereocenters. The van der Waals surface area contributed by atoms with Crippen LogP contribution in [0.3, 0.4) is 0 Å². The summed E-state index contributed by atoms with van der Waals surface area (Å²) >= 11 is 0. The average Bonchev–Trinajstić information content (AvgIpc) is 3.19. The number of aliphatic imine (C=N–C) groups is 2. The van der Waals surface area contributed by atoms with E-state index in [0.29, 0.717) is 17.7 Å². The molecule has 1 saturated carbocycles. The molecule has 6 heteroatoms. The van der Waals surface area contributed by atoms with E-state index in [1.165, 1.54) is 17.7 Å². The maximum atomic E-state index is 13.2. The Morgan fingerprint density at radius 3 is 2.66 bits per heavy atom. The average molecular weight is 433 g/mol. The molecular formula is C26H29FN4O. The molecule has 166 valence electrons. The van der Waals surface area contributed by atoms with Gasteiger partial charge in [-0.25, -0.2) is 9.38 Å². The van der Waals surface area contributed by atoms with E-state index in [0.717, 1.165) is 48.7 Å². The first kappa shape index (κ1) is 21.0. The van der Waals surface area contributed by atoms with Gasteiger partial charge in [-0.15, -0.1) is 0 Å². The van der Waals surface area contributed by atoms with Crippen molar-refractivity contribution in [2.75, 3.05) is 0 Å². The zero-order chi connectivity index (χ0) is 22.7. The highest BCUT2D eigenvalue weighted by molar-refractivity contribution is 6.41. The molecule has 0 unspecified atom stereocenters. The number of nitrogens with two attached hydrogens (primary N) is 1. The SMILES string of the molecule is CC1=N[C@]2(N=C1N)c1cc(CC(=O)c3ccc(F)cn3)ccc1C[C@]21CC[C@@H](C)[C@H](C)C1. The first-order valence-electron chi connectivity index (χ1n) is 11.4. The molecule has 0 saturated heterocycles. The van der Waals surface area contributed by atoms with Crippen LogP contribution in [0, 0.1) is 23.1 Å². The molecule has 2 spiro atoms. The number of fused-ring (bicyclic) bond motifs is 3. The molecule has 2 aliphatic carbocycles. The number of rotatable bonds is 3. The van der Waals surface area contributed by atoms with Gasteiger partial charge in [0.05, 0.1) is 11.9 Å². The van der Waals surface area contributed by atoms with Crippen molar-refractivity contribution in [2.24, 2.45) is 33.0 Å². The number of halogens is 1. The number of pyridine rings is 1. The quantitative estimate of drug-likeness (QED) is 0.718. The number of hydrogen-bond donors (Lipinski definition) is 1. The van der Waals surface area contributed by atoms with Crippen molar-refractivity contribution in [1.82, 2.24) is 4.98 Å². The lowest BCUT2D eigenvalue weighted by Gasteiger charge is -2.47. The number of carbonyl (C=O) groups is 1. The van der Waals surface area contributed by atoms with Crippen LogP contribution < -0.4 is 5.73 Å². The van der Waals surface area contributed by atoms with Gasteiger partial charge in [-0.1, -0.05) is 32.0 Å². The normalized spacial score (nSPS) is 31.0. The fraction of sp³-hybridized carbons (Fsp3) is 0.462. The molecule has 1 aromatic heterocycles. The zero-order valence-corrected chi connectivity index (χ0v) is 18.9. The van der Waals surface area contributed by atoms with Gasteiger partial charge in [-0.2, -0.15) is 0 Å². The highest BCUT2D eigenvalue weighted by atomic mass is 19.1. The molecular weight excluding hydrogens is 403 g/mol. The first-order valence-corrected chi connectivity index (χ1v) is 11.4. The second-order valence-electron chi connectivity index (χ2n) is 9.97. The Hall–Kier alpha value is -2.89. The van der Waals surface area contributed by atoms with Crippen LogP contribution in [0.25, 0.3) is 0 Å². The highest BCUT2D eigenvalue weighted by Gasteiger charge is 2.61. The van der Waals surface area contributed by atoms with E-state index in [1.807, 2.05) is 13.0 Å². The van der Waals surface area contributed by atoms with Gasteiger partial charge in [0, 0.05) is 17.4 Å². The van der Waals surface area contributed by atoms with E-state index < -0.39 is 11.5 Å². The molecule has 0 bridgehead atoms. The largest absolute Gasteiger partial charge is 0.382 e. The van der Waals surface area contributed by atoms with Crippen LogP contribution in [0.1, 0.15) is 67.2 Å². The summed E-state index contributed by atoms with van der Waals surface area (Å²) in [4.78, 5) is 26.8. The van der Waals surface area contributed by atoms with Crippen molar-refractivity contribution < 1.29 is 9.18 Å². The molecule has 2 aromatic rings. The van der Waals surface area contributed by atoms with Gasteiger partial charge >= 0.3 is 0 Å². The number of carbonyl (C=O) groups excluding carboxylic acids is 1. The van der Waals surface area contributed by atoms with E-state index in [4.69, 9.17) is 15.7 Å². The van der Waals surface area contributed by atoms with Gasteiger partial charge in [0.25, 0.3) is 0 Å². The predicted molar refractivity (Wildman–Crippen MR) is 123 cm³/mol. The van der Waals surface area contributed by atoms with Crippen LogP contribution in [0.15, 0.2) is 46.5 Å². The number of hydrogen-bond acceptors (Lipinski definition) is 5. The predicted octanol–water partition coefficient (Wildman–Crippen LogP) is 4.63. The fourth-order valence-electron chi connectivity index (χ4n) is 5.93. The summed E-state index contributed by atoms with van der Waals surface area (Å²) in [5.41, 5.74) is 9.78. The van der Waals surface area contributed by atoms with Crippen LogP contribution in [0.2, 0.25) is 0 Å². The standard InChI is InChI=1S/C26H29FN4O/c1-15-8-9-25(12-16(15)2)13-19-5-4-18(11-23(32)22-7-6-20(27)14-29-22)10-21(19)26(25)30-17(3)24(28)31-26/h4-7,10,14-16H,8-9,11-13H2,1-3H3,(H2,28,31)/t15-,16-,25-,26+/m1/s1. The van der Waals surface area contributed by atoms with Crippen molar-refractivity contribution in [3.63, 3.8) is 0 Å². The van der Waals surface area contributed by atoms with Crippen molar-refractivity contribution in [3.8, 4) is 0 Å². The van der Waals surface area contributed by atoms with Gasteiger partial charge in [0.15, 0.2) is 11.4 Å². The van der Waals surface area contributed by atoms with Crippen LogP contribution in [0.4, 0.5) is 4.39 Å². The number of amidine groups is 1. The van der Waals surface area contributed by atoms with Gasteiger partial charge in [-0.05, 0) is 67.7 Å². The van der Waals surface area contributed by atoms with Crippen molar-refractivity contribution >= 4 is 17.3 Å². The van der Waals surface area contributed by atoms with E-state index in [9.17, 15) is 9.18 Å². The maximum Gasteiger partial charge on any atom is 0.185 e. The maximum absolute atomic E-state index is 13.2. The molecule has 1 aromatic carbocycles. The van der Waals surface area contributed by atoms with Gasteiger partial charge in [0.1, 0.15) is 17.3 Å². The van der Waals surface area contributed by atoms with Crippen molar-refractivity contribution in [2.45, 2.75) is 58.5 Å². The Morgan fingerprint density at radius 1 is 1.19 bits per heavy atom. The van der Waals surface area contributed by atoms with Crippen LogP contribution >= 0.6 is 0 Å². The topological polar surface area (TPSA) is 80.7 Å². The number of ketones is 1. The van der Waals surface area contributed by atoms with Gasteiger partial charge in [0.2, 0.25) is 0 Å². The summed E-state index contributed by atoms with van der Waals surface area (Å²) in [6.45, 7) is 6.60. The Bertz CT molecular complexity index is 1130. The van der Waals surface area contributed by atoms with Gasteiger partial charge < -0.3 is 5.73 Å². The molecule has 2 heterocycles. The minimum absolute atomic E-state index is 0.0786. The molecule has 32 heavy (non-hydrogen) atoms. The Labute approximate surface area is 188 Å². The van der Waals surface area contributed by atoms with Crippen LogP contribution in [-0.4, -0.2) is 22.3 Å². The number of benzene rings is 1. The van der Waals surface area contributed by atoms with Crippen molar-refractivity contribution in [3.05, 3.63) is 64.7 Å². The van der Waals surface area contributed by atoms with E-state index in [1.54, 1.807) is 0 Å². The number of nitrogens with zero attached hydrogens (tertiary/aromatic N) is 3. The summed E-state index contributed by atoms with van der Waals surface area (Å²) in [5, 5.41) is 0. The third kappa shape index (κ3) is 3.11. The minimum Gasteiger partial charge on any atom is -0.382 e. The second kappa shape index (κ2) is 7.32. The van der Waals surface area contributed by atoms with E-state index in [-0.39, 0.29) is 23.3 Å². The monoisotopic (exact) mass is 432 g/mol. The molecule has 2 N–H and O–H groups in total.